The van der Waals surface area contributed by atoms with Gasteiger partial charge in [-0.25, -0.2) is 9.97 Å². The number of anilines is 2. The number of amides is 1. The van der Waals surface area contributed by atoms with Crippen LogP contribution < -0.4 is 10.2 Å². The number of rotatable bonds is 4. The maximum Gasteiger partial charge on any atom is 0.229 e. The van der Waals surface area contributed by atoms with Gasteiger partial charge in [0.15, 0.2) is 10.3 Å². The molecule has 1 N–H and O–H groups in total. The Balaban J connectivity index is 1.20. The van der Waals surface area contributed by atoms with Crippen LogP contribution in [-0.2, 0) is 4.79 Å². The molecule has 0 saturated carbocycles. The van der Waals surface area contributed by atoms with Gasteiger partial charge in [-0.1, -0.05) is 17.4 Å². The van der Waals surface area contributed by atoms with E-state index in [-0.39, 0.29) is 11.8 Å². The molecule has 6 nitrogen and oxygen atoms in total. The number of nitrogens with zero attached hydrogens (tertiary/aromatic N) is 4. The molecule has 4 heterocycles. The molecule has 0 radical (unpaired) electrons. The first kappa shape index (κ1) is 19.1. The molecule has 1 aliphatic rings. The minimum absolute atomic E-state index is 0.00335. The van der Waals surface area contributed by atoms with Gasteiger partial charge in [-0.05, 0) is 49.6 Å². The molecule has 0 aliphatic carbocycles. The highest BCUT2D eigenvalue weighted by Crippen LogP contribution is 2.32. The number of carbonyl (C=O) groups excluding carboxylic acids is 1. The van der Waals surface area contributed by atoms with Crippen molar-refractivity contribution in [2.75, 3.05) is 23.3 Å². The van der Waals surface area contributed by atoms with Crippen LogP contribution >= 0.6 is 22.7 Å². The van der Waals surface area contributed by atoms with E-state index in [9.17, 15) is 4.79 Å². The van der Waals surface area contributed by atoms with E-state index >= 15 is 0 Å². The van der Waals surface area contributed by atoms with Gasteiger partial charge >= 0.3 is 0 Å². The summed E-state index contributed by atoms with van der Waals surface area (Å²) in [6.45, 7) is 3.79. The number of benzene rings is 1. The van der Waals surface area contributed by atoms with Gasteiger partial charge in [0.1, 0.15) is 0 Å². The maximum atomic E-state index is 12.7. The number of piperidine rings is 1. The molecule has 1 aliphatic heterocycles. The highest BCUT2D eigenvalue weighted by Gasteiger charge is 2.27. The molecule has 1 amide bonds. The van der Waals surface area contributed by atoms with E-state index in [2.05, 4.69) is 45.3 Å². The summed E-state index contributed by atoms with van der Waals surface area (Å²) in [4.78, 5) is 28.5. The van der Waals surface area contributed by atoms with Gasteiger partial charge in [0.2, 0.25) is 5.91 Å². The Morgan fingerprint density at radius 3 is 2.87 bits per heavy atom. The molecular weight excluding hydrogens is 414 g/mol. The van der Waals surface area contributed by atoms with Crippen molar-refractivity contribution in [2.45, 2.75) is 19.8 Å². The molecule has 30 heavy (non-hydrogen) atoms. The lowest BCUT2D eigenvalue weighted by Crippen LogP contribution is -2.38. The van der Waals surface area contributed by atoms with Crippen LogP contribution in [-0.4, -0.2) is 33.9 Å². The zero-order valence-electron chi connectivity index (χ0n) is 16.5. The topological polar surface area (TPSA) is 71.0 Å². The van der Waals surface area contributed by atoms with Crippen molar-refractivity contribution in [3.8, 4) is 11.3 Å². The van der Waals surface area contributed by atoms with Crippen LogP contribution in [0.4, 0.5) is 10.3 Å². The lowest BCUT2D eigenvalue weighted by Gasteiger charge is -2.30. The van der Waals surface area contributed by atoms with Gasteiger partial charge in [-0.3, -0.25) is 9.78 Å². The van der Waals surface area contributed by atoms with E-state index < -0.39 is 0 Å². The molecule has 1 fully saturated rings. The Labute approximate surface area is 182 Å². The van der Waals surface area contributed by atoms with Crippen LogP contribution in [0.5, 0.6) is 0 Å². The predicted molar refractivity (Wildman–Crippen MR) is 123 cm³/mol. The normalized spacial score (nSPS) is 14.9. The van der Waals surface area contributed by atoms with Crippen LogP contribution in [0.15, 0.2) is 48.1 Å². The standard InChI is InChI=1S/C22H21N5OS2/c1-14-4-5-17-19(11-14)30-22(25-17)27-9-6-15(7-10-27)20(28)26-21-24-18(13-29-21)16-3-2-8-23-12-16/h2-5,8,11-13,15H,6-7,9-10H2,1H3,(H,24,26,28). The number of aromatic nitrogens is 3. The number of aryl methyl sites for hydroxylation is 1. The molecular formula is C22H21N5OS2. The van der Waals surface area contributed by atoms with E-state index in [1.807, 2.05) is 17.5 Å². The highest BCUT2D eigenvalue weighted by molar-refractivity contribution is 7.22. The monoisotopic (exact) mass is 435 g/mol. The molecule has 1 aromatic carbocycles. The zero-order chi connectivity index (χ0) is 20.5. The summed E-state index contributed by atoms with van der Waals surface area (Å²) in [7, 11) is 0. The largest absolute Gasteiger partial charge is 0.348 e. The Kier molecular flexibility index (Phi) is 5.18. The summed E-state index contributed by atoms with van der Waals surface area (Å²) in [6, 6.07) is 10.2. The molecule has 0 spiro atoms. The summed E-state index contributed by atoms with van der Waals surface area (Å²) in [5.74, 6) is 0.0604. The van der Waals surface area contributed by atoms with Gasteiger partial charge < -0.3 is 10.2 Å². The molecule has 0 atom stereocenters. The number of hydrogen-bond donors (Lipinski definition) is 1. The fourth-order valence-corrected chi connectivity index (χ4v) is 5.51. The molecule has 152 valence electrons. The zero-order valence-corrected chi connectivity index (χ0v) is 18.2. The average molecular weight is 436 g/mol. The van der Waals surface area contributed by atoms with Crippen LogP contribution in [0.2, 0.25) is 0 Å². The third-order valence-electron chi connectivity index (χ3n) is 5.36. The minimum atomic E-state index is 0.00335. The highest BCUT2D eigenvalue weighted by atomic mass is 32.1. The molecule has 1 saturated heterocycles. The summed E-state index contributed by atoms with van der Waals surface area (Å²) < 4.78 is 1.22. The Morgan fingerprint density at radius 2 is 2.07 bits per heavy atom. The van der Waals surface area contributed by atoms with E-state index in [4.69, 9.17) is 4.98 Å². The van der Waals surface area contributed by atoms with E-state index in [1.165, 1.54) is 21.6 Å². The molecule has 8 heteroatoms. The van der Waals surface area contributed by atoms with Crippen molar-refractivity contribution in [3.05, 3.63) is 53.7 Å². The van der Waals surface area contributed by atoms with Gasteiger partial charge in [0, 0.05) is 42.3 Å². The molecule has 5 rings (SSSR count). The number of fused-ring (bicyclic) bond motifs is 1. The summed E-state index contributed by atoms with van der Waals surface area (Å²) in [6.07, 6.45) is 5.16. The SMILES string of the molecule is Cc1ccc2nc(N3CCC(C(=O)Nc4nc(-c5cccnc5)cs4)CC3)sc2c1. The average Bonchev–Trinajstić information content (AvgIpc) is 3.41. The van der Waals surface area contributed by atoms with Gasteiger partial charge in [0.05, 0.1) is 15.9 Å². The Morgan fingerprint density at radius 1 is 1.20 bits per heavy atom. The Hall–Kier alpha value is -2.84. The second-order valence-electron chi connectivity index (χ2n) is 7.50. The van der Waals surface area contributed by atoms with Crippen molar-refractivity contribution in [3.63, 3.8) is 0 Å². The van der Waals surface area contributed by atoms with Crippen molar-refractivity contribution in [1.82, 2.24) is 15.0 Å². The number of thiazole rings is 2. The summed E-state index contributed by atoms with van der Waals surface area (Å²) in [5.41, 5.74) is 4.09. The molecule has 4 aromatic rings. The second-order valence-corrected chi connectivity index (χ2v) is 9.36. The minimum Gasteiger partial charge on any atom is -0.348 e. The number of hydrogen-bond acceptors (Lipinski definition) is 7. The Bertz CT molecular complexity index is 1180. The van der Waals surface area contributed by atoms with Crippen molar-refractivity contribution in [1.29, 1.82) is 0 Å². The predicted octanol–water partition coefficient (Wildman–Crippen LogP) is 4.98. The fraction of sp³-hybridized carbons (Fsp3) is 0.273. The fourth-order valence-electron chi connectivity index (χ4n) is 3.67. The van der Waals surface area contributed by atoms with Crippen molar-refractivity contribution >= 4 is 49.1 Å². The smallest absolute Gasteiger partial charge is 0.229 e. The summed E-state index contributed by atoms with van der Waals surface area (Å²) in [5, 5.41) is 6.64. The third-order valence-corrected chi connectivity index (χ3v) is 7.20. The van der Waals surface area contributed by atoms with E-state index in [0.29, 0.717) is 5.13 Å². The van der Waals surface area contributed by atoms with Crippen molar-refractivity contribution < 1.29 is 4.79 Å². The first-order valence-electron chi connectivity index (χ1n) is 9.94. The van der Waals surface area contributed by atoms with Gasteiger partial charge in [0.25, 0.3) is 0 Å². The van der Waals surface area contributed by atoms with Gasteiger partial charge in [-0.2, -0.15) is 0 Å². The lowest BCUT2D eigenvalue weighted by molar-refractivity contribution is -0.120. The maximum absolute atomic E-state index is 12.7. The quantitative estimate of drug-likeness (QED) is 0.490. The van der Waals surface area contributed by atoms with Crippen molar-refractivity contribution in [2.24, 2.45) is 5.92 Å². The van der Waals surface area contributed by atoms with Crippen LogP contribution in [0.3, 0.4) is 0 Å². The number of nitrogens with one attached hydrogen (secondary N) is 1. The van der Waals surface area contributed by atoms with Crippen LogP contribution in [0.25, 0.3) is 21.5 Å². The van der Waals surface area contributed by atoms with E-state index in [1.54, 1.807) is 23.7 Å². The van der Waals surface area contributed by atoms with Crippen LogP contribution in [0.1, 0.15) is 18.4 Å². The van der Waals surface area contributed by atoms with Crippen LogP contribution in [0, 0.1) is 12.8 Å². The third kappa shape index (κ3) is 3.93. The molecule has 3 aromatic heterocycles. The molecule has 0 bridgehead atoms. The first-order chi connectivity index (χ1) is 14.7. The molecule has 0 unspecified atom stereocenters. The number of carbonyl (C=O) groups is 1. The van der Waals surface area contributed by atoms with Gasteiger partial charge in [-0.15, -0.1) is 11.3 Å². The van der Waals surface area contributed by atoms with E-state index in [0.717, 1.165) is 47.8 Å². The second kappa shape index (κ2) is 8.12. The number of pyridine rings is 1. The first-order valence-corrected chi connectivity index (χ1v) is 11.6. The summed E-state index contributed by atoms with van der Waals surface area (Å²) >= 11 is 3.18. The lowest BCUT2D eigenvalue weighted by atomic mass is 9.96.